The zero-order valence-corrected chi connectivity index (χ0v) is 11.0. The van der Waals surface area contributed by atoms with E-state index in [9.17, 15) is 13.2 Å². The number of nitrogens with one attached hydrogen (secondary N) is 1. The van der Waals surface area contributed by atoms with E-state index in [0.717, 1.165) is 25.0 Å². The highest BCUT2D eigenvalue weighted by Crippen LogP contribution is 2.39. The Balaban J connectivity index is 1.86. The van der Waals surface area contributed by atoms with E-state index in [1.165, 1.54) is 12.1 Å². The topological polar surface area (TPSA) is 63.8 Å². The van der Waals surface area contributed by atoms with Crippen LogP contribution in [0.1, 0.15) is 30.1 Å². The minimum absolute atomic E-state index is 0.307. The first-order chi connectivity index (χ1) is 9.91. The number of hydrogen-bond donors (Lipinski definition) is 2. The van der Waals surface area contributed by atoms with Crippen molar-refractivity contribution in [1.29, 1.82) is 0 Å². The van der Waals surface area contributed by atoms with Crippen LogP contribution in [-0.2, 0) is 6.18 Å². The Kier molecular flexibility index (Phi) is 3.19. The molecule has 0 bridgehead atoms. The van der Waals surface area contributed by atoms with E-state index < -0.39 is 11.7 Å². The summed E-state index contributed by atoms with van der Waals surface area (Å²) < 4.78 is 38.0. The van der Waals surface area contributed by atoms with Crippen LogP contribution in [0.3, 0.4) is 0 Å². The molecular formula is C14H13F3N4. The van der Waals surface area contributed by atoms with Crippen LogP contribution >= 0.6 is 0 Å². The number of aromatic nitrogens is 2. The third kappa shape index (κ3) is 3.24. The van der Waals surface area contributed by atoms with Crippen LogP contribution in [0.25, 0.3) is 0 Å². The van der Waals surface area contributed by atoms with Gasteiger partial charge in [-0.2, -0.15) is 13.2 Å². The summed E-state index contributed by atoms with van der Waals surface area (Å²) >= 11 is 0. The van der Waals surface area contributed by atoms with Gasteiger partial charge >= 0.3 is 6.18 Å². The first-order valence-electron chi connectivity index (χ1n) is 6.50. The highest BCUT2D eigenvalue weighted by atomic mass is 19.4. The SMILES string of the molecule is Nc1cc(Nc2cccc(C(F)(F)F)c2)nc(C2CC2)n1. The van der Waals surface area contributed by atoms with Gasteiger partial charge in [-0.25, -0.2) is 9.97 Å². The van der Waals surface area contributed by atoms with Crippen molar-refractivity contribution in [2.75, 3.05) is 11.1 Å². The lowest BCUT2D eigenvalue weighted by Gasteiger charge is -2.11. The molecule has 1 heterocycles. The summed E-state index contributed by atoms with van der Waals surface area (Å²) in [6.45, 7) is 0. The number of benzene rings is 1. The minimum atomic E-state index is -4.37. The van der Waals surface area contributed by atoms with Crippen LogP contribution in [0.2, 0.25) is 0 Å². The predicted octanol–water partition coefficient (Wildman–Crippen LogP) is 3.70. The lowest BCUT2D eigenvalue weighted by Crippen LogP contribution is -2.06. The van der Waals surface area contributed by atoms with Crippen LogP contribution in [-0.4, -0.2) is 9.97 Å². The fourth-order valence-corrected chi connectivity index (χ4v) is 1.99. The number of halogens is 3. The number of hydrogen-bond acceptors (Lipinski definition) is 4. The smallest absolute Gasteiger partial charge is 0.384 e. The van der Waals surface area contributed by atoms with Crippen LogP contribution in [0.15, 0.2) is 30.3 Å². The Labute approximate surface area is 119 Å². The average Bonchev–Trinajstić information content (AvgIpc) is 3.21. The molecule has 0 aliphatic heterocycles. The molecule has 1 aromatic heterocycles. The lowest BCUT2D eigenvalue weighted by atomic mass is 10.2. The van der Waals surface area contributed by atoms with E-state index in [1.54, 1.807) is 6.07 Å². The molecule has 3 rings (SSSR count). The van der Waals surface area contributed by atoms with Gasteiger partial charge in [0.25, 0.3) is 0 Å². The monoisotopic (exact) mass is 294 g/mol. The normalized spacial score (nSPS) is 15.0. The highest BCUT2D eigenvalue weighted by molar-refractivity contribution is 5.59. The first kappa shape index (κ1) is 13.7. The van der Waals surface area contributed by atoms with E-state index in [-0.39, 0.29) is 0 Å². The van der Waals surface area contributed by atoms with Gasteiger partial charge in [-0.1, -0.05) is 6.07 Å². The molecule has 1 aliphatic rings. The molecule has 1 saturated carbocycles. The van der Waals surface area contributed by atoms with Crippen LogP contribution in [0.4, 0.5) is 30.5 Å². The summed E-state index contributed by atoms with van der Waals surface area (Å²) in [6, 6.07) is 6.46. The third-order valence-electron chi connectivity index (χ3n) is 3.17. The quantitative estimate of drug-likeness (QED) is 0.906. The molecule has 0 atom stereocenters. The Hall–Kier alpha value is -2.31. The number of nitrogens with zero attached hydrogens (tertiary/aromatic N) is 2. The maximum Gasteiger partial charge on any atom is 0.416 e. The predicted molar refractivity (Wildman–Crippen MR) is 73.1 cm³/mol. The highest BCUT2D eigenvalue weighted by Gasteiger charge is 2.30. The van der Waals surface area contributed by atoms with Crippen LogP contribution < -0.4 is 11.1 Å². The van der Waals surface area contributed by atoms with Crippen molar-refractivity contribution in [1.82, 2.24) is 9.97 Å². The zero-order chi connectivity index (χ0) is 15.0. The van der Waals surface area contributed by atoms with Crippen molar-refractivity contribution >= 4 is 17.3 Å². The van der Waals surface area contributed by atoms with Gasteiger partial charge in [-0.3, -0.25) is 0 Å². The summed E-state index contributed by atoms with van der Waals surface area (Å²) in [4.78, 5) is 8.44. The molecule has 1 aliphatic carbocycles. The van der Waals surface area contributed by atoms with Crippen LogP contribution in [0, 0.1) is 0 Å². The average molecular weight is 294 g/mol. The summed E-state index contributed by atoms with van der Waals surface area (Å²) in [7, 11) is 0. The molecule has 0 radical (unpaired) electrons. The molecule has 0 saturated heterocycles. The van der Waals surface area contributed by atoms with Gasteiger partial charge in [0.2, 0.25) is 0 Å². The second-order valence-corrected chi connectivity index (χ2v) is 5.01. The van der Waals surface area contributed by atoms with Crippen LogP contribution in [0.5, 0.6) is 0 Å². The maximum absolute atomic E-state index is 12.7. The number of anilines is 3. The van der Waals surface area contributed by atoms with E-state index in [2.05, 4.69) is 15.3 Å². The molecule has 0 spiro atoms. The summed E-state index contributed by atoms with van der Waals surface area (Å²) in [6.07, 6.45) is -2.33. The van der Waals surface area contributed by atoms with Gasteiger partial charge in [-0.05, 0) is 31.0 Å². The molecular weight excluding hydrogens is 281 g/mol. The van der Waals surface area contributed by atoms with E-state index in [0.29, 0.717) is 29.1 Å². The molecule has 21 heavy (non-hydrogen) atoms. The van der Waals surface area contributed by atoms with Crippen molar-refractivity contribution in [3.05, 3.63) is 41.7 Å². The molecule has 0 amide bonds. The fourth-order valence-electron chi connectivity index (χ4n) is 1.99. The molecule has 2 aromatic rings. The van der Waals surface area contributed by atoms with Crippen molar-refractivity contribution < 1.29 is 13.2 Å². The Morgan fingerprint density at radius 2 is 1.90 bits per heavy atom. The maximum atomic E-state index is 12.7. The summed E-state index contributed by atoms with van der Waals surface area (Å²) in [5.41, 5.74) is 5.31. The lowest BCUT2D eigenvalue weighted by molar-refractivity contribution is -0.137. The summed E-state index contributed by atoms with van der Waals surface area (Å²) in [5.74, 6) is 1.67. The molecule has 1 fully saturated rings. The largest absolute Gasteiger partial charge is 0.416 e. The van der Waals surface area contributed by atoms with E-state index in [1.807, 2.05) is 0 Å². The molecule has 110 valence electrons. The van der Waals surface area contributed by atoms with Crippen molar-refractivity contribution in [2.45, 2.75) is 24.9 Å². The second-order valence-electron chi connectivity index (χ2n) is 5.01. The fraction of sp³-hybridized carbons (Fsp3) is 0.286. The van der Waals surface area contributed by atoms with Gasteiger partial charge < -0.3 is 11.1 Å². The standard InChI is InChI=1S/C14H13F3N4/c15-14(16,17)9-2-1-3-10(6-9)19-12-7-11(18)20-13(21-12)8-4-5-8/h1-3,6-8H,4-5H2,(H3,18,19,20,21). The third-order valence-corrected chi connectivity index (χ3v) is 3.17. The Morgan fingerprint density at radius 1 is 1.14 bits per heavy atom. The van der Waals surface area contributed by atoms with Gasteiger partial charge in [0, 0.05) is 17.7 Å². The number of nitrogens with two attached hydrogens (primary N) is 1. The molecule has 7 heteroatoms. The summed E-state index contributed by atoms with van der Waals surface area (Å²) in [5, 5.41) is 2.85. The number of rotatable bonds is 3. The molecule has 3 N–H and O–H groups in total. The zero-order valence-electron chi connectivity index (χ0n) is 11.0. The van der Waals surface area contributed by atoms with Gasteiger partial charge in [0.15, 0.2) is 0 Å². The van der Waals surface area contributed by atoms with Gasteiger partial charge in [0.05, 0.1) is 5.56 Å². The van der Waals surface area contributed by atoms with Gasteiger partial charge in [0.1, 0.15) is 17.5 Å². The Bertz CT molecular complexity index is 666. The number of nitrogen functional groups attached to an aromatic ring is 1. The van der Waals surface area contributed by atoms with Crippen molar-refractivity contribution in [3.63, 3.8) is 0 Å². The molecule has 4 nitrogen and oxygen atoms in total. The first-order valence-corrected chi connectivity index (χ1v) is 6.50. The number of alkyl halides is 3. The Morgan fingerprint density at radius 3 is 2.57 bits per heavy atom. The molecule has 1 aromatic carbocycles. The minimum Gasteiger partial charge on any atom is -0.384 e. The van der Waals surface area contributed by atoms with E-state index >= 15 is 0 Å². The van der Waals surface area contributed by atoms with Gasteiger partial charge in [-0.15, -0.1) is 0 Å². The van der Waals surface area contributed by atoms with E-state index in [4.69, 9.17) is 5.73 Å². The van der Waals surface area contributed by atoms with Crippen molar-refractivity contribution in [2.24, 2.45) is 0 Å². The second kappa shape index (κ2) is 4.91. The molecule has 0 unspecified atom stereocenters. The van der Waals surface area contributed by atoms with Crippen molar-refractivity contribution in [3.8, 4) is 0 Å².